The molecule has 0 nitrogen and oxygen atoms in total. The largest absolute Gasteiger partial charge is 0.106 e. The molecule has 0 heterocycles. The molecule has 0 aliphatic heterocycles. The minimum absolute atomic E-state index is 0.734. The molecule has 0 N–H and O–H groups in total. The Morgan fingerprint density at radius 2 is 1.90 bits per heavy atom. The Bertz CT molecular complexity index is 467. The standard InChI is InChI=1S/C19H26.C2H4/c1-4-16(5-2)17-9-7-10-18(13-12-17)19-11-6-8-15(3)14-19;1-2/h4-6,8,11,14,17-18H,1,7,9-10,12-13H2,2-3H3;1-2H2/b16-5+;. The van der Waals surface area contributed by atoms with Gasteiger partial charge < -0.3 is 0 Å². The van der Waals surface area contributed by atoms with E-state index >= 15 is 0 Å². The average Bonchev–Trinajstić information content (AvgIpc) is 2.77. The fourth-order valence-corrected chi connectivity index (χ4v) is 3.41. The normalized spacial score (nSPS) is 22.7. The lowest BCUT2D eigenvalue weighted by atomic mass is 9.88. The highest BCUT2D eigenvalue weighted by atomic mass is 14.3. The van der Waals surface area contributed by atoms with E-state index in [4.69, 9.17) is 0 Å². The second-order valence-corrected chi connectivity index (χ2v) is 5.81. The van der Waals surface area contributed by atoms with Crippen LogP contribution in [0.1, 0.15) is 56.1 Å². The molecular weight excluding hydrogens is 252 g/mol. The molecular formula is C21H30. The number of hydrogen-bond donors (Lipinski definition) is 0. The molecule has 1 saturated carbocycles. The van der Waals surface area contributed by atoms with Crippen LogP contribution in [0.5, 0.6) is 0 Å². The van der Waals surface area contributed by atoms with Crippen molar-refractivity contribution >= 4 is 0 Å². The Morgan fingerprint density at radius 3 is 2.52 bits per heavy atom. The summed E-state index contributed by atoms with van der Waals surface area (Å²) in [6, 6.07) is 9.07. The molecule has 1 aliphatic carbocycles. The Balaban J connectivity index is 0.00000106. The van der Waals surface area contributed by atoms with Gasteiger partial charge in [0.2, 0.25) is 0 Å². The molecule has 2 atom stereocenters. The van der Waals surface area contributed by atoms with Crippen LogP contribution in [0.25, 0.3) is 0 Å². The smallest absolute Gasteiger partial charge is 0.0162 e. The van der Waals surface area contributed by atoms with Crippen LogP contribution >= 0.6 is 0 Å². The van der Waals surface area contributed by atoms with Crippen LogP contribution in [0.2, 0.25) is 0 Å². The van der Waals surface area contributed by atoms with Gasteiger partial charge in [-0.05, 0) is 62.5 Å². The molecule has 0 bridgehead atoms. The Morgan fingerprint density at radius 1 is 1.14 bits per heavy atom. The predicted molar refractivity (Wildman–Crippen MR) is 95.7 cm³/mol. The van der Waals surface area contributed by atoms with Crippen LogP contribution < -0.4 is 0 Å². The van der Waals surface area contributed by atoms with Crippen molar-refractivity contribution in [3.63, 3.8) is 0 Å². The first-order valence-electron chi connectivity index (χ1n) is 8.09. The summed E-state index contributed by atoms with van der Waals surface area (Å²) in [5, 5.41) is 0. The summed E-state index contributed by atoms with van der Waals surface area (Å²) in [5.74, 6) is 1.49. The Hall–Kier alpha value is -1.56. The first-order valence-corrected chi connectivity index (χ1v) is 8.09. The molecule has 0 heteroatoms. The number of benzene rings is 1. The van der Waals surface area contributed by atoms with Crippen molar-refractivity contribution in [3.05, 3.63) is 72.9 Å². The lowest BCUT2D eigenvalue weighted by Gasteiger charge is -2.17. The lowest BCUT2D eigenvalue weighted by molar-refractivity contribution is 0.532. The summed E-state index contributed by atoms with van der Waals surface area (Å²) in [4.78, 5) is 0. The van der Waals surface area contributed by atoms with Gasteiger partial charge in [0, 0.05) is 0 Å². The van der Waals surface area contributed by atoms with Crippen LogP contribution in [-0.4, -0.2) is 0 Å². The highest BCUT2D eigenvalue weighted by molar-refractivity contribution is 5.26. The van der Waals surface area contributed by atoms with Crippen LogP contribution in [0.3, 0.4) is 0 Å². The maximum atomic E-state index is 3.96. The van der Waals surface area contributed by atoms with Gasteiger partial charge in [-0.2, -0.15) is 0 Å². The second-order valence-electron chi connectivity index (χ2n) is 5.81. The van der Waals surface area contributed by atoms with Crippen molar-refractivity contribution in [1.82, 2.24) is 0 Å². The monoisotopic (exact) mass is 282 g/mol. The maximum absolute atomic E-state index is 3.96. The van der Waals surface area contributed by atoms with Crippen LogP contribution in [0.4, 0.5) is 0 Å². The third kappa shape index (κ3) is 5.04. The van der Waals surface area contributed by atoms with E-state index in [1.165, 1.54) is 43.2 Å². The SMILES string of the molecule is C=C.C=C/C(=C\C)C1CCCC(c2cccc(C)c2)CC1. The molecule has 1 aliphatic rings. The van der Waals surface area contributed by atoms with Crippen LogP contribution in [0.15, 0.2) is 61.7 Å². The van der Waals surface area contributed by atoms with Gasteiger partial charge in [0.15, 0.2) is 0 Å². The zero-order valence-corrected chi connectivity index (χ0v) is 13.8. The molecule has 0 amide bonds. The third-order valence-corrected chi connectivity index (χ3v) is 4.52. The topological polar surface area (TPSA) is 0 Å². The zero-order chi connectivity index (χ0) is 15.7. The van der Waals surface area contributed by atoms with Crippen molar-refractivity contribution in [1.29, 1.82) is 0 Å². The molecule has 21 heavy (non-hydrogen) atoms. The summed E-state index contributed by atoms with van der Waals surface area (Å²) in [5.41, 5.74) is 4.38. The van der Waals surface area contributed by atoms with Gasteiger partial charge in [0.1, 0.15) is 0 Å². The van der Waals surface area contributed by atoms with Crippen molar-refractivity contribution in [2.75, 3.05) is 0 Å². The van der Waals surface area contributed by atoms with Gasteiger partial charge in [-0.25, -0.2) is 0 Å². The van der Waals surface area contributed by atoms with Crippen LogP contribution in [0, 0.1) is 12.8 Å². The highest BCUT2D eigenvalue weighted by Gasteiger charge is 2.21. The van der Waals surface area contributed by atoms with Crippen molar-refractivity contribution in [2.24, 2.45) is 5.92 Å². The van der Waals surface area contributed by atoms with E-state index in [1.54, 1.807) is 5.56 Å². The minimum atomic E-state index is 0.734. The molecule has 114 valence electrons. The molecule has 0 radical (unpaired) electrons. The van der Waals surface area contributed by atoms with E-state index in [1.807, 2.05) is 0 Å². The number of hydrogen-bond acceptors (Lipinski definition) is 0. The fourth-order valence-electron chi connectivity index (χ4n) is 3.41. The molecule has 0 saturated heterocycles. The molecule has 0 aromatic heterocycles. The van der Waals surface area contributed by atoms with Crippen molar-refractivity contribution in [2.45, 2.75) is 51.9 Å². The molecule has 1 aromatic rings. The predicted octanol–water partition coefficient (Wildman–Crippen LogP) is 6.59. The summed E-state index contributed by atoms with van der Waals surface area (Å²) in [6.07, 6.45) is 10.9. The molecule has 2 unspecified atom stereocenters. The molecule has 2 rings (SSSR count). The van der Waals surface area contributed by atoms with Crippen LogP contribution in [-0.2, 0) is 0 Å². The summed E-state index contributed by atoms with van der Waals surface area (Å²) in [7, 11) is 0. The van der Waals surface area contributed by atoms with Crippen molar-refractivity contribution in [3.8, 4) is 0 Å². The molecule has 1 aromatic carbocycles. The van der Waals surface area contributed by atoms with Crippen molar-refractivity contribution < 1.29 is 0 Å². The first kappa shape index (κ1) is 17.5. The zero-order valence-electron chi connectivity index (χ0n) is 13.8. The van der Waals surface area contributed by atoms with E-state index in [9.17, 15) is 0 Å². The van der Waals surface area contributed by atoms with Gasteiger partial charge in [0.05, 0.1) is 0 Å². The van der Waals surface area contributed by atoms with Gasteiger partial charge in [0.25, 0.3) is 0 Å². The Labute approximate surface area is 131 Å². The van der Waals surface area contributed by atoms with E-state index in [-0.39, 0.29) is 0 Å². The second kappa shape index (κ2) is 9.39. The van der Waals surface area contributed by atoms with Gasteiger partial charge >= 0.3 is 0 Å². The number of rotatable bonds is 3. The number of aryl methyl sites for hydroxylation is 1. The Kier molecular flexibility index (Phi) is 7.82. The van der Waals surface area contributed by atoms with Gasteiger partial charge in [-0.1, -0.05) is 55.0 Å². The molecule has 0 spiro atoms. The van der Waals surface area contributed by atoms with E-state index in [0.717, 1.165) is 11.8 Å². The maximum Gasteiger partial charge on any atom is -0.0162 e. The van der Waals surface area contributed by atoms with E-state index < -0.39 is 0 Å². The number of allylic oxidation sites excluding steroid dienone is 3. The lowest BCUT2D eigenvalue weighted by Crippen LogP contribution is -2.02. The summed E-state index contributed by atoms with van der Waals surface area (Å²) in [6.45, 7) is 14.3. The minimum Gasteiger partial charge on any atom is -0.106 e. The summed E-state index contributed by atoms with van der Waals surface area (Å²) >= 11 is 0. The van der Waals surface area contributed by atoms with E-state index in [0.29, 0.717) is 0 Å². The highest BCUT2D eigenvalue weighted by Crippen LogP contribution is 2.37. The van der Waals surface area contributed by atoms with E-state index in [2.05, 4.69) is 70.0 Å². The third-order valence-electron chi connectivity index (χ3n) is 4.52. The average molecular weight is 282 g/mol. The molecule has 1 fully saturated rings. The van der Waals surface area contributed by atoms with Gasteiger partial charge in [-0.15, -0.1) is 13.2 Å². The quantitative estimate of drug-likeness (QED) is 0.333. The fraction of sp³-hybridized carbons (Fsp3) is 0.429. The summed E-state index contributed by atoms with van der Waals surface area (Å²) < 4.78 is 0. The van der Waals surface area contributed by atoms with Gasteiger partial charge in [-0.3, -0.25) is 0 Å². The first-order chi connectivity index (χ1) is 10.2.